The Kier molecular flexibility index (Phi) is 4.70. The number of halogens is 2. The minimum atomic E-state index is -1.09. The Morgan fingerprint density at radius 1 is 1.56 bits per heavy atom. The van der Waals surface area contributed by atoms with Crippen molar-refractivity contribution >= 4 is 27.6 Å². The van der Waals surface area contributed by atoms with Crippen molar-refractivity contribution < 1.29 is 19.4 Å². The molecule has 0 fully saturated rings. The van der Waals surface area contributed by atoms with Crippen molar-refractivity contribution in [2.24, 2.45) is 0 Å². The monoisotopic (exact) mass is 291 g/mol. The minimum Gasteiger partial charge on any atom is -0.481 e. The highest BCUT2D eigenvalue weighted by Crippen LogP contribution is 2.19. The number of aliphatic hydroxyl groups excluding tert-OH is 1. The molecule has 1 aromatic rings. The summed E-state index contributed by atoms with van der Waals surface area (Å²) < 4.78 is 13.9. The fraction of sp³-hybridized carbons (Fsp3) is 0.300. The number of carboxylic acids is 1. The molecule has 0 heterocycles. The van der Waals surface area contributed by atoms with Crippen LogP contribution in [0.5, 0.6) is 0 Å². The number of carboxylic acid groups (broad SMARTS) is 1. The van der Waals surface area contributed by atoms with E-state index in [2.05, 4.69) is 21.2 Å². The van der Waals surface area contributed by atoms with E-state index in [4.69, 9.17) is 5.11 Å². The van der Waals surface area contributed by atoms with Crippen LogP contribution < -0.4 is 5.32 Å². The van der Waals surface area contributed by atoms with Gasteiger partial charge in [0.2, 0.25) is 0 Å². The molecule has 0 saturated heterocycles. The van der Waals surface area contributed by atoms with Gasteiger partial charge in [-0.15, -0.1) is 0 Å². The minimum absolute atomic E-state index is 0.00908. The van der Waals surface area contributed by atoms with Gasteiger partial charge in [-0.1, -0.05) is 15.9 Å². The molecule has 0 aliphatic rings. The van der Waals surface area contributed by atoms with E-state index in [-0.39, 0.29) is 18.7 Å². The first-order valence-electron chi connectivity index (χ1n) is 4.58. The van der Waals surface area contributed by atoms with E-state index in [1.54, 1.807) is 6.07 Å². The molecular weight excluding hydrogens is 281 g/mol. The van der Waals surface area contributed by atoms with Crippen LogP contribution in [0.3, 0.4) is 0 Å². The number of aliphatic hydroxyl groups is 1. The molecule has 16 heavy (non-hydrogen) atoms. The normalized spacial score (nSPS) is 12.2. The summed E-state index contributed by atoms with van der Waals surface area (Å²) in [5, 5.41) is 20.3. The van der Waals surface area contributed by atoms with Crippen LogP contribution in [-0.4, -0.2) is 28.8 Å². The molecule has 0 spiro atoms. The standard InChI is InChI=1S/C10H11BrFNO3/c11-6-1-2-9(8(12)3-6)13-5-7(14)4-10(15)16/h1-3,7,13-14H,4-5H2,(H,15,16). The Bertz CT molecular complexity index is 386. The SMILES string of the molecule is O=C(O)CC(O)CNc1ccc(Br)cc1F. The van der Waals surface area contributed by atoms with Gasteiger partial charge in [0.15, 0.2) is 0 Å². The van der Waals surface area contributed by atoms with Crippen molar-refractivity contribution in [2.75, 3.05) is 11.9 Å². The van der Waals surface area contributed by atoms with Gasteiger partial charge in [-0.2, -0.15) is 0 Å². The zero-order valence-electron chi connectivity index (χ0n) is 8.28. The van der Waals surface area contributed by atoms with Crippen LogP contribution in [0.25, 0.3) is 0 Å². The first kappa shape index (κ1) is 12.9. The lowest BCUT2D eigenvalue weighted by Gasteiger charge is -2.11. The Hall–Kier alpha value is -1.14. The van der Waals surface area contributed by atoms with E-state index in [0.29, 0.717) is 4.47 Å². The van der Waals surface area contributed by atoms with E-state index >= 15 is 0 Å². The highest BCUT2D eigenvalue weighted by molar-refractivity contribution is 9.10. The zero-order valence-corrected chi connectivity index (χ0v) is 9.87. The second kappa shape index (κ2) is 5.81. The third kappa shape index (κ3) is 4.16. The fourth-order valence-electron chi connectivity index (χ4n) is 1.13. The quantitative estimate of drug-likeness (QED) is 0.774. The summed E-state index contributed by atoms with van der Waals surface area (Å²) in [6.07, 6.45) is -1.41. The van der Waals surface area contributed by atoms with Crippen LogP contribution >= 0.6 is 15.9 Å². The maximum atomic E-state index is 13.3. The summed E-state index contributed by atoms with van der Waals surface area (Å²) in [6.45, 7) is -0.00908. The molecular formula is C10H11BrFNO3. The number of carbonyl (C=O) groups is 1. The summed E-state index contributed by atoms with van der Waals surface area (Å²) in [5.74, 6) is -1.55. The number of aliphatic carboxylic acids is 1. The van der Waals surface area contributed by atoms with Gasteiger partial charge in [0.1, 0.15) is 5.82 Å². The lowest BCUT2D eigenvalue weighted by Crippen LogP contribution is -2.22. The highest BCUT2D eigenvalue weighted by atomic mass is 79.9. The van der Waals surface area contributed by atoms with Crippen molar-refractivity contribution in [3.8, 4) is 0 Å². The first-order valence-corrected chi connectivity index (χ1v) is 5.37. The summed E-state index contributed by atoms with van der Waals surface area (Å²) >= 11 is 3.11. The smallest absolute Gasteiger partial charge is 0.306 e. The molecule has 0 amide bonds. The van der Waals surface area contributed by atoms with E-state index in [0.717, 1.165) is 0 Å². The van der Waals surface area contributed by atoms with Gasteiger partial charge in [0.25, 0.3) is 0 Å². The number of hydrogen-bond acceptors (Lipinski definition) is 3. The molecule has 1 rings (SSSR count). The predicted octanol–water partition coefficient (Wildman–Crippen LogP) is 1.84. The van der Waals surface area contributed by atoms with Gasteiger partial charge in [-0.05, 0) is 18.2 Å². The lowest BCUT2D eigenvalue weighted by molar-refractivity contribution is -0.138. The molecule has 0 aliphatic heterocycles. The predicted molar refractivity (Wildman–Crippen MR) is 60.8 cm³/mol. The van der Waals surface area contributed by atoms with Gasteiger partial charge in [-0.3, -0.25) is 4.79 Å². The second-order valence-electron chi connectivity index (χ2n) is 3.26. The van der Waals surface area contributed by atoms with E-state index in [9.17, 15) is 14.3 Å². The van der Waals surface area contributed by atoms with Gasteiger partial charge in [-0.25, -0.2) is 4.39 Å². The van der Waals surface area contributed by atoms with Crippen LogP contribution in [0.15, 0.2) is 22.7 Å². The molecule has 0 aliphatic carbocycles. The van der Waals surface area contributed by atoms with Crippen LogP contribution in [-0.2, 0) is 4.79 Å². The van der Waals surface area contributed by atoms with Gasteiger partial charge in [0, 0.05) is 11.0 Å². The first-order chi connectivity index (χ1) is 7.49. The molecule has 0 aromatic heterocycles. The summed E-state index contributed by atoms with van der Waals surface area (Å²) in [6, 6.07) is 4.44. The van der Waals surface area contributed by atoms with Gasteiger partial charge < -0.3 is 15.5 Å². The topological polar surface area (TPSA) is 69.6 Å². The maximum absolute atomic E-state index is 13.3. The molecule has 0 bridgehead atoms. The number of benzene rings is 1. The van der Waals surface area contributed by atoms with Crippen molar-refractivity contribution in [3.05, 3.63) is 28.5 Å². The lowest BCUT2D eigenvalue weighted by atomic mass is 10.2. The second-order valence-corrected chi connectivity index (χ2v) is 4.17. The van der Waals surface area contributed by atoms with Crippen LogP contribution in [0.4, 0.5) is 10.1 Å². The largest absolute Gasteiger partial charge is 0.481 e. The average molecular weight is 292 g/mol. The van der Waals surface area contributed by atoms with E-state index < -0.39 is 17.9 Å². The van der Waals surface area contributed by atoms with Gasteiger partial charge in [0.05, 0.1) is 18.2 Å². The van der Waals surface area contributed by atoms with Crippen LogP contribution in [0, 0.1) is 5.82 Å². The summed E-state index contributed by atoms with van der Waals surface area (Å²) in [5.41, 5.74) is 0.229. The van der Waals surface area contributed by atoms with Crippen molar-refractivity contribution in [1.82, 2.24) is 0 Å². The molecule has 6 heteroatoms. The van der Waals surface area contributed by atoms with Crippen molar-refractivity contribution in [3.63, 3.8) is 0 Å². The van der Waals surface area contributed by atoms with Crippen molar-refractivity contribution in [1.29, 1.82) is 0 Å². The molecule has 1 aromatic carbocycles. The molecule has 1 unspecified atom stereocenters. The highest BCUT2D eigenvalue weighted by Gasteiger charge is 2.10. The molecule has 0 radical (unpaired) electrons. The molecule has 1 atom stereocenters. The average Bonchev–Trinajstić information content (AvgIpc) is 2.15. The van der Waals surface area contributed by atoms with E-state index in [1.165, 1.54) is 12.1 Å². The third-order valence-electron chi connectivity index (χ3n) is 1.87. The fourth-order valence-corrected chi connectivity index (χ4v) is 1.47. The maximum Gasteiger partial charge on any atom is 0.306 e. The Morgan fingerprint density at radius 3 is 2.81 bits per heavy atom. The number of anilines is 1. The molecule has 3 N–H and O–H groups in total. The molecule has 4 nitrogen and oxygen atoms in total. The summed E-state index contributed by atoms with van der Waals surface area (Å²) in [7, 11) is 0. The Labute approximate surface area is 100 Å². The Balaban J connectivity index is 2.51. The van der Waals surface area contributed by atoms with Gasteiger partial charge >= 0.3 is 5.97 Å². The molecule has 0 saturated carbocycles. The Morgan fingerprint density at radius 2 is 2.25 bits per heavy atom. The van der Waals surface area contributed by atoms with Crippen LogP contribution in [0.1, 0.15) is 6.42 Å². The zero-order chi connectivity index (χ0) is 12.1. The summed E-state index contributed by atoms with van der Waals surface area (Å²) in [4.78, 5) is 10.3. The van der Waals surface area contributed by atoms with E-state index in [1.807, 2.05) is 0 Å². The number of hydrogen-bond donors (Lipinski definition) is 3. The molecule has 88 valence electrons. The third-order valence-corrected chi connectivity index (χ3v) is 2.36. The van der Waals surface area contributed by atoms with Crippen molar-refractivity contribution in [2.45, 2.75) is 12.5 Å². The van der Waals surface area contributed by atoms with Crippen LogP contribution in [0.2, 0.25) is 0 Å². The number of nitrogens with one attached hydrogen (secondary N) is 1. The number of rotatable bonds is 5.